The number of carbonyl (C=O) groups excluding carboxylic acids is 1. The summed E-state index contributed by atoms with van der Waals surface area (Å²) in [6, 6.07) is 6.94. The molecule has 0 bridgehead atoms. The molecule has 0 aliphatic heterocycles. The Hall–Kier alpha value is -1.46. The molecule has 0 N–H and O–H groups in total. The summed E-state index contributed by atoms with van der Waals surface area (Å²) in [4.78, 5) is 13.6. The van der Waals surface area contributed by atoms with E-state index in [1.54, 1.807) is 12.1 Å². The number of carbonyl (C=O) groups is 1. The minimum atomic E-state index is -3.76. The first-order valence-corrected chi connectivity index (χ1v) is 16.1. The van der Waals surface area contributed by atoms with Crippen molar-refractivity contribution in [2.24, 2.45) is 39.9 Å². The van der Waals surface area contributed by atoms with Gasteiger partial charge in [0, 0.05) is 5.41 Å². The summed E-state index contributed by atoms with van der Waals surface area (Å²) < 4.78 is 31.8. The number of fused-ring (bicyclic) bond motifs is 7. The summed E-state index contributed by atoms with van der Waals surface area (Å²) in [6.45, 7) is 8.79. The molecule has 0 amide bonds. The second-order valence-corrected chi connectivity index (χ2v) is 15.2. The molecule has 5 heteroatoms. The van der Waals surface area contributed by atoms with E-state index >= 15 is 0 Å². The Morgan fingerprint density at radius 1 is 0.973 bits per heavy atom. The van der Waals surface area contributed by atoms with Crippen LogP contribution in [0.2, 0.25) is 0 Å². The van der Waals surface area contributed by atoms with E-state index in [4.69, 9.17) is 4.18 Å². The van der Waals surface area contributed by atoms with Crippen LogP contribution in [0.15, 0.2) is 40.8 Å². The van der Waals surface area contributed by atoms with E-state index in [0.29, 0.717) is 35.9 Å². The number of aryl methyl sites for hydroxylation is 1. The van der Waals surface area contributed by atoms with Crippen molar-refractivity contribution in [1.82, 2.24) is 0 Å². The number of benzene rings is 1. The number of Topliss-reactive ketones (excluding diaryl/α,β-unsaturated/α-hetero) is 1. The van der Waals surface area contributed by atoms with Gasteiger partial charge in [-0.2, -0.15) is 8.42 Å². The highest BCUT2D eigenvalue weighted by molar-refractivity contribution is 7.86. The van der Waals surface area contributed by atoms with Crippen molar-refractivity contribution >= 4 is 15.9 Å². The maximum absolute atomic E-state index is 13.3. The molecule has 6 rings (SSSR count). The van der Waals surface area contributed by atoms with Gasteiger partial charge >= 0.3 is 0 Å². The zero-order valence-corrected chi connectivity index (χ0v) is 23.9. The summed E-state index contributed by atoms with van der Waals surface area (Å²) >= 11 is 0. The molecule has 5 aliphatic carbocycles. The molecule has 0 saturated heterocycles. The van der Waals surface area contributed by atoms with Crippen molar-refractivity contribution < 1.29 is 17.4 Å². The van der Waals surface area contributed by atoms with Gasteiger partial charge in [0.2, 0.25) is 0 Å². The van der Waals surface area contributed by atoms with Crippen molar-refractivity contribution in [1.29, 1.82) is 0 Å². The molecule has 4 nitrogen and oxygen atoms in total. The van der Waals surface area contributed by atoms with E-state index in [1.165, 1.54) is 44.1 Å². The number of ketones is 1. The van der Waals surface area contributed by atoms with E-state index in [2.05, 4.69) is 19.9 Å². The molecule has 0 unspecified atom stereocenters. The molecule has 202 valence electrons. The van der Waals surface area contributed by atoms with Crippen LogP contribution in [0.5, 0.6) is 0 Å². The van der Waals surface area contributed by atoms with Gasteiger partial charge in [0.15, 0.2) is 0 Å². The Balaban J connectivity index is 1.24. The van der Waals surface area contributed by atoms with Crippen LogP contribution < -0.4 is 0 Å². The number of hydrogen-bond donors (Lipinski definition) is 0. The van der Waals surface area contributed by atoms with Crippen molar-refractivity contribution in [2.45, 2.75) is 109 Å². The molecular formula is C32H44O4S. The lowest BCUT2D eigenvalue weighted by Crippen LogP contribution is -2.55. The predicted octanol–water partition coefficient (Wildman–Crippen LogP) is 7.41. The molecule has 8 atom stereocenters. The minimum absolute atomic E-state index is 0.0956. The first-order valence-electron chi connectivity index (χ1n) is 14.7. The lowest BCUT2D eigenvalue weighted by molar-refractivity contribution is -0.147. The zero-order valence-electron chi connectivity index (χ0n) is 23.1. The van der Waals surface area contributed by atoms with Gasteiger partial charge in [0.25, 0.3) is 10.1 Å². The lowest BCUT2D eigenvalue weighted by atomic mass is 9.44. The highest BCUT2D eigenvalue weighted by Crippen LogP contribution is 2.73. The Kier molecular flexibility index (Phi) is 6.12. The van der Waals surface area contributed by atoms with Crippen LogP contribution in [0.1, 0.15) is 97.0 Å². The van der Waals surface area contributed by atoms with Crippen LogP contribution in [0.4, 0.5) is 0 Å². The van der Waals surface area contributed by atoms with Crippen LogP contribution in [0.3, 0.4) is 0 Å². The minimum Gasteiger partial charge on any atom is -0.299 e. The molecule has 0 aromatic heterocycles. The molecule has 5 aliphatic rings. The monoisotopic (exact) mass is 524 g/mol. The van der Waals surface area contributed by atoms with E-state index in [-0.39, 0.29) is 27.2 Å². The molecule has 1 aromatic rings. The second kappa shape index (κ2) is 8.78. The zero-order chi connectivity index (χ0) is 26.2. The summed E-state index contributed by atoms with van der Waals surface area (Å²) in [7, 11) is -3.76. The first kappa shape index (κ1) is 25.8. The molecule has 1 aromatic carbocycles. The summed E-state index contributed by atoms with van der Waals surface area (Å²) in [5, 5.41) is 0. The highest BCUT2D eigenvalue weighted by atomic mass is 32.2. The van der Waals surface area contributed by atoms with E-state index < -0.39 is 10.1 Å². The molecule has 37 heavy (non-hydrogen) atoms. The third-order valence-electron chi connectivity index (χ3n) is 12.3. The summed E-state index contributed by atoms with van der Waals surface area (Å²) in [5.74, 6) is 2.93. The average Bonchev–Trinajstić information content (AvgIpc) is 3.14. The highest BCUT2D eigenvalue weighted by Gasteiger charge is 2.68. The number of hydrogen-bond acceptors (Lipinski definition) is 4. The van der Waals surface area contributed by atoms with Gasteiger partial charge in [-0.25, -0.2) is 0 Å². The van der Waals surface area contributed by atoms with Gasteiger partial charge in [-0.1, -0.05) is 56.0 Å². The first-order chi connectivity index (χ1) is 17.5. The largest absolute Gasteiger partial charge is 0.299 e. The van der Waals surface area contributed by atoms with Gasteiger partial charge < -0.3 is 0 Å². The van der Waals surface area contributed by atoms with Crippen molar-refractivity contribution in [3.63, 3.8) is 0 Å². The van der Waals surface area contributed by atoms with E-state index in [9.17, 15) is 13.2 Å². The second-order valence-electron chi connectivity index (χ2n) is 13.6. The maximum Gasteiger partial charge on any atom is 0.297 e. The average molecular weight is 525 g/mol. The molecule has 0 spiro atoms. The topological polar surface area (TPSA) is 60.4 Å². The normalized spacial score (nSPS) is 43.1. The SMILES string of the molecule is CC(=O)[C@]12CCCC[C@H]1C[C@@H]1[C@@H]3CC=C4C[C@H](OS(=O)(=O)c5ccc(C)cc5)CC[C@@]4(C)[C@@H]3CC[C@]12C. The van der Waals surface area contributed by atoms with Gasteiger partial charge in [0.1, 0.15) is 5.78 Å². The Labute approximate surface area is 223 Å². The van der Waals surface area contributed by atoms with Crippen molar-refractivity contribution in [3.05, 3.63) is 41.5 Å². The molecule has 4 fully saturated rings. The molecule has 0 heterocycles. The van der Waals surface area contributed by atoms with Gasteiger partial charge in [-0.3, -0.25) is 8.98 Å². The maximum atomic E-state index is 13.3. The van der Waals surface area contributed by atoms with Crippen LogP contribution in [0, 0.1) is 46.8 Å². The fourth-order valence-corrected chi connectivity index (χ4v) is 11.5. The molecule has 4 saturated carbocycles. The third-order valence-corrected chi connectivity index (χ3v) is 13.7. The van der Waals surface area contributed by atoms with Gasteiger partial charge in [-0.15, -0.1) is 0 Å². The van der Waals surface area contributed by atoms with E-state index in [0.717, 1.165) is 31.2 Å². The Bertz CT molecular complexity index is 1220. The fraction of sp³-hybridized carbons (Fsp3) is 0.719. The van der Waals surface area contributed by atoms with Crippen molar-refractivity contribution in [3.8, 4) is 0 Å². The van der Waals surface area contributed by atoms with Gasteiger partial charge in [0.05, 0.1) is 11.0 Å². The predicted molar refractivity (Wildman–Crippen MR) is 145 cm³/mol. The number of allylic oxidation sites excluding steroid dienone is 1. The quantitative estimate of drug-likeness (QED) is 0.304. The van der Waals surface area contributed by atoms with Crippen molar-refractivity contribution in [2.75, 3.05) is 0 Å². The fourth-order valence-electron chi connectivity index (χ4n) is 10.4. The lowest BCUT2D eigenvalue weighted by Gasteiger charge is -2.60. The summed E-state index contributed by atoms with van der Waals surface area (Å²) in [5.41, 5.74) is 2.61. The third kappa shape index (κ3) is 3.69. The summed E-state index contributed by atoms with van der Waals surface area (Å²) in [6.07, 6.45) is 14.2. The molecule has 0 radical (unpaired) electrons. The van der Waals surface area contributed by atoms with Gasteiger partial charge in [-0.05, 0) is 118 Å². The van der Waals surface area contributed by atoms with E-state index in [1.807, 2.05) is 26.0 Å². The number of rotatable bonds is 4. The van der Waals surface area contributed by atoms with Crippen LogP contribution in [-0.4, -0.2) is 20.3 Å². The van der Waals surface area contributed by atoms with Crippen LogP contribution in [0.25, 0.3) is 0 Å². The standard InChI is InChI=1S/C32H44O4S/c1-21-8-11-26(12-9-21)37(34,35)36-25-14-17-30(3)23(19-25)10-13-27-28(30)15-18-31(4)29(27)20-24-7-5-6-16-32(24,31)22(2)33/h8-12,24-25,27-29H,5-7,13-20H2,1-4H3/t24-,25+,27+,28+,29+,30+,31+,32+/m0/s1. The van der Waals surface area contributed by atoms with Crippen LogP contribution >= 0.6 is 0 Å². The smallest absolute Gasteiger partial charge is 0.297 e. The molecular weight excluding hydrogens is 480 g/mol. The van der Waals surface area contributed by atoms with Crippen LogP contribution in [-0.2, 0) is 19.1 Å². The Morgan fingerprint density at radius 3 is 2.46 bits per heavy atom. The Morgan fingerprint density at radius 2 is 1.73 bits per heavy atom.